The van der Waals surface area contributed by atoms with E-state index in [1.807, 2.05) is 42.5 Å². The fourth-order valence-electron chi connectivity index (χ4n) is 4.81. The maximum Gasteiger partial charge on any atom is 0.322 e. The van der Waals surface area contributed by atoms with E-state index in [-0.39, 0.29) is 56.9 Å². The Kier molecular flexibility index (Phi) is 12.0. The summed E-state index contributed by atoms with van der Waals surface area (Å²) in [5.41, 5.74) is 5.73. The summed E-state index contributed by atoms with van der Waals surface area (Å²) in [5.74, 6) is -1.36. The van der Waals surface area contributed by atoms with Crippen LogP contribution in [0.15, 0.2) is 59.8 Å². The number of hydrogen-bond acceptors (Lipinski definition) is 8. The molecule has 228 valence electrons. The highest BCUT2D eigenvalue weighted by Crippen LogP contribution is 2.38. The Bertz CT molecular complexity index is 1290. The lowest BCUT2D eigenvalue weighted by atomic mass is 9.74. The number of likely N-dealkylation sites (tertiary alicyclic amines) is 1. The third-order valence-electron chi connectivity index (χ3n) is 6.94. The van der Waals surface area contributed by atoms with Crippen LogP contribution in [0.4, 0.5) is 4.79 Å². The molecule has 1 fully saturated rings. The zero-order chi connectivity index (χ0) is 28.9. The largest absolute Gasteiger partial charge is 0.374 e. The average Bonchev–Trinajstić information content (AvgIpc) is 3.17. The SMILES string of the molecule is CN1N=C2CCN(C(=O)[C@@H](COCc3ccccc3)NC(=O)NC(=O)C(C)(C)N)C[C@@]2(Cc2ccccn2)C1=O.Cl.Cl. The van der Waals surface area contributed by atoms with Crippen molar-refractivity contribution in [2.24, 2.45) is 16.3 Å². The number of ether oxygens (including phenoxy) is 1. The van der Waals surface area contributed by atoms with E-state index in [0.29, 0.717) is 24.4 Å². The van der Waals surface area contributed by atoms with E-state index in [9.17, 15) is 19.2 Å². The number of nitrogens with zero attached hydrogens (tertiary/aromatic N) is 4. The number of carbonyl (C=O) groups excluding carboxylic acids is 4. The Morgan fingerprint density at radius 2 is 1.81 bits per heavy atom. The zero-order valence-electron chi connectivity index (χ0n) is 23.7. The van der Waals surface area contributed by atoms with E-state index >= 15 is 0 Å². The molecule has 0 radical (unpaired) electrons. The summed E-state index contributed by atoms with van der Waals surface area (Å²) in [7, 11) is 1.60. The number of hydrazone groups is 1. The molecule has 2 aliphatic rings. The number of piperidine rings is 1. The van der Waals surface area contributed by atoms with Crippen molar-refractivity contribution in [2.45, 2.75) is 44.9 Å². The number of halogens is 2. The molecule has 0 spiro atoms. The summed E-state index contributed by atoms with van der Waals surface area (Å²) >= 11 is 0. The van der Waals surface area contributed by atoms with E-state index in [0.717, 1.165) is 5.56 Å². The van der Waals surface area contributed by atoms with Gasteiger partial charge in [0.2, 0.25) is 11.8 Å². The number of urea groups is 1. The molecule has 2 aliphatic heterocycles. The number of nitrogens with two attached hydrogens (primary N) is 1. The first-order valence-electron chi connectivity index (χ1n) is 13.1. The van der Waals surface area contributed by atoms with Gasteiger partial charge >= 0.3 is 6.03 Å². The minimum Gasteiger partial charge on any atom is -0.374 e. The van der Waals surface area contributed by atoms with Crippen LogP contribution in [-0.4, -0.2) is 82.7 Å². The molecule has 0 aliphatic carbocycles. The van der Waals surface area contributed by atoms with Crippen molar-refractivity contribution < 1.29 is 23.9 Å². The fourth-order valence-corrected chi connectivity index (χ4v) is 4.81. The molecule has 12 nitrogen and oxygen atoms in total. The van der Waals surface area contributed by atoms with Crippen molar-refractivity contribution in [3.63, 3.8) is 0 Å². The van der Waals surface area contributed by atoms with Crippen LogP contribution < -0.4 is 16.4 Å². The lowest BCUT2D eigenvalue weighted by Gasteiger charge is -2.40. The Labute approximate surface area is 257 Å². The van der Waals surface area contributed by atoms with Gasteiger partial charge in [-0.2, -0.15) is 5.10 Å². The Morgan fingerprint density at radius 1 is 1.12 bits per heavy atom. The third kappa shape index (κ3) is 8.03. The van der Waals surface area contributed by atoms with E-state index in [2.05, 4.69) is 20.7 Å². The number of rotatable bonds is 9. The second-order valence-corrected chi connectivity index (χ2v) is 10.7. The van der Waals surface area contributed by atoms with Gasteiger partial charge in [-0.3, -0.25) is 24.7 Å². The number of fused-ring (bicyclic) bond motifs is 1. The van der Waals surface area contributed by atoms with Crippen molar-refractivity contribution in [3.8, 4) is 0 Å². The standard InChI is InChI=1S/C28H35N7O5.2ClH/c1-27(2,29)24(37)32-26(39)31-21(17-40-16-19-9-5-4-6-10-19)23(36)35-14-12-22-28(18-35,25(38)34(3)33-22)15-20-11-7-8-13-30-20;;/h4-11,13,21H,12,14-18,29H2,1-3H3,(H2,31,32,37,39);2*1H/t21-,28-;;/m1../s1. The van der Waals surface area contributed by atoms with Crippen molar-refractivity contribution in [3.05, 3.63) is 66.0 Å². The zero-order valence-corrected chi connectivity index (χ0v) is 25.4. The lowest BCUT2D eigenvalue weighted by Crippen LogP contribution is -2.61. The van der Waals surface area contributed by atoms with Crippen LogP contribution in [0.25, 0.3) is 0 Å². The Morgan fingerprint density at radius 3 is 2.45 bits per heavy atom. The summed E-state index contributed by atoms with van der Waals surface area (Å²) < 4.78 is 5.80. The molecule has 4 rings (SSSR count). The molecule has 1 saturated heterocycles. The maximum atomic E-state index is 13.8. The Balaban J connectivity index is 0.00000308. The number of carbonyl (C=O) groups is 4. The number of pyridine rings is 1. The molecule has 3 heterocycles. The number of amides is 5. The van der Waals surface area contributed by atoms with Crippen LogP contribution in [0.1, 0.15) is 31.5 Å². The van der Waals surface area contributed by atoms with Gasteiger partial charge in [-0.05, 0) is 31.5 Å². The van der Waals surface area contributed by atoms with E-state index in [1.54, 1.807) is 24.2 Å². The van der Waals surface area contributed by atoms with Crippen LogP contribution in [0, 0.1) is 5.41 Å². The van der Waals surface area contributed by atoms with E-state index in [4.69, 9.17) is 10.5 Å². The number of imide groups is 1. The van der Waals surface area contributed by atoms with Gasteiger partial charge in [-0.15, -0.1) is 24.8 Å². The first-order chi connectivity index (χ1) is 19.0. The fraction of sp³-hybridized carbons (Fsp3) is 0.429. The molecule has 0 unspecified atom stereocenters. The molecule has 2 aromatic rings. The van der Waals surface area contributed by atoms with Gasteiger partial charge in [0.15, 0.2) is 0 Å². The number of hydrogen-bond donors (Lipinski definition) is 3. The van der Waals surface area contributed by atoms with Gasteiger partial charge in [0.25, 0.3) is 5.91 Å². The average molecular weight is 623 g/mol. The first-order valence-corrected chi connectivity index (χ1v) is 13.1. The van der Waals surface area contributed by atoms with Gasteiger partial charge < -0.3 is 20.7 Å². The highest BCUT2D eigenvalue weighted by molar-refractivity contribution is 6.13. The molecule has 4 N–H and O–H groups in total. The quantitative estimate of drug-likeness (QED) is 0.384. The second kappa shape index (κ2) is 14.5. The smallest absolute Gasteiger partial charge is 0.322 e. The molecule has 14 heteroatoms. The Hall–Kier alpha value is -3.58. The van der Waals surface area contributed by atoms with Crippen molar-refractivity contribution in [2.75, 3.05) is 26.7 Å². The molecule has 0 saturated carbocycles. The van der Waals surface area contributed by atoms with Gasteiger partial charge in [0, 0.05) is 44.9 Å². The molecule has 2 atom stereocenters. The predicted octanol–water partition coefficient (Wildman–Crippen LogP) is 1.66. The second-order valence-electron chi connectivity index (χ2n) is 10.7. The summed E-state index contributed by atoms with van der Waals surface area (Å²) in [5, 5.41) is 10.5. The molecule has 5 amide bonds. The van der Waals surface area contributed by atoms with Crippen molar-refractivity contribution in [1.29, 1.82) is 0 Å². The van der Waals surface area contributed by atoms with Crippen LogP contribution in [0.5, 0.6) is 0 Å². The van der Waals surface area contributed by atoms with E-state index in [1.165, 1.54) is 18.9 Å². The predicted molar refractivity (Wildman–Crippen MR) is 161 cm³/mol. The van der Waals surface area contributed by atoms with Crippen LogP contribution in [0.2, 0.25) is 0 Å². The van der Waals surface area contributed by atoms with Gasteiger partial charge in [-0.1, -0.05) is 36.4 Å². The summed E-state index contributed by atoms with van der Waals surface area (Å²) in [6.45, 7) is 3.36. The normalized spacial score (nSPS) is 18.6. The molecule has 0 bridgehead atoms. The maximum absolute atomic E-state index is 13.8. The highest BCUT2D eigenvalue weighted by Gasteiger charge is 2.54. The van der Waals surface area contributed by atoms with Crippen LogP contribution in [0.3, 0.4) is 0 Å². The van der Waals surface area contributed by atoms with Crippen molar-refractivity contribution in [1.82, 2.24) is 25.5 Å². The van der Waals surface area contributed by atoms with E-state index < -0.39 is 34.8 Å². The minimum absolute atomic E-state index is 0. The molecular weight excluding hydrogens is 585 g/mol. The number of aromatic nitrogens is 1. The summed E-state index contributed by atoms with van der Waals surface area (Å²) in [4.78, 5) is 58.1. The molecule has 1 aromatic carbocycles. The number of benzene rings is 1. The number of nitrogens with one attached hydrogen (secondary N) is 2. The van der Waals surface area contributed by atoms with Gasteiger partial charge in [0.05, 0.1) is 24.5 Å². The lowest BCUT2D eigenvalue weighted by molar-refractivity contribution is -0.141. The topological polar surface area (TPSA) is 159 Å². The first kappa shape index (κ1) is 34.6. The van der Waals surface area contributed by atoms with Gasteiger partial charge in [-0.25, -0.2) is 9.80 Å². The summed E-state index contributed by atoms with van der Waals surface area (Å²) in [6.07, 6.45) is 2.32. The third-order valence-corrected chi connectivity index (χ3v) is 6.94. The monoisotopic (exact) mass is 621 g/mol. The molecular formula is C28H37Cl2N7O5. The van der Waals surface area contributed by atoms with Crippen LogP contribution >= 0.6 is 24.8 Å². The molecule has 1 aromatic heterocycles. The summed E-state index contributed by atoms with van der Waals surface area (Å²) in [6, 6.07) is 12.9. The van der Waals surface area contributed by atoms with Crippen LogP contribution in [-0.2, 0) is 32.1 Å². The van der Waals surface area contributed by atoms with Gasteiger partial charge in [0.1, 0.15) is 11.5 Å². The molecule has 42 heavy (non-hydrogen) atoms. The minimum atomic E-state index is -1.30. The van der Waals surface area contributed by atoms with Crippen molar-refractivity contribution >= 4 is 54.3 Å². The highest BCUT2D eigenvalue weighted by atomic mass is 35.5.